The molecule has 0 aromatic heterocycles. The molecule has 0 aliphatic rings. The van der Waals surface area contributed by atoms with E-state index in [4.69, 9.17) is 5.73 Å². The Kier molecular flexibility index (Phi) is 2.83. The number of nitrogens with two attached hydrogens (primary N) is 1. The van der Waals surface area contributed by atoms with Gasteiger partial charge in [0.05, 0.1) is 5.54 Å². The van der Waals surface area contributed by atoms with Crippen LogP contribution in [-0.2, 0) is 10.3 Å². The van der Waals surface area contributed by atoms with E-state index in [1.807, 2.05) is 44.2 Å². The summed E-state index contributed by atoms with van der Waals surface area (Å²) in [6.07, 6.45) is 0.826. The van der Waals surface area contributed by atoms with Crippen molar-refractivity contribution in [2.24, 2.45) is 11.7 Å². The number of hydrogen-bond donors (Lipinski definition) is 1. The lowest BCUT2D eigenvalue weighted by atomic mass is 9.82. The van der Waals surface area contributed by atoms with Crippen LogP contribution in [0.4, 0.5) is 0 Å². The summed E-state index contributed by atoms with van der Waals surface area (Å²) in [6.45, 7) is 3.89. The fourth-order valence-electron chi connectivity index (χ4n) is 1.26. The van der Waals surface area contributed by atoms with Crippen molar-refractivity contribution >= 4 is 6.29 Å². The molecule has 1 aromatic carbocycles. The lowest BCUT2D eigenvalue weighted by Gasteiger charge is -2.27. The molecule has 0 aliphatic heterocycles. The smallest absolute Gasteiger partial charge is 0.144 e. The molecule has 0 saturated heterocycles. The maximum absolute atomic E-state index is 10.9. The molecule has 2 heteroatoms. The maximum atomic E-state index is 10.9. The molecule has 1 unspecified atom stereocenters. The largest absolute Gasteiger partial charge is 0.315 e. The predicted octanol–water partition coefficient (Wildman–Crippen LogP) is 1.70. The van der Waals surface area contributed by atoms with Crippen molar-refractivity contribution in [3.63, 3.8) is 0 Å². The second-order valence-corrected chi connectivity index (χ2v) is 3.57. The molecule has 0 bridgehead atoms. The summed E-state index contributed by atoms with van der Waals surface area (Å²) < 4.78 is 0. The summed E-state index contributed by atoms with van der Waals surface area (Å²) in [6, 6.07) is 9.46. The molecule has 1 rings (SSSR count). The topological polar surface area (TPSA) is 43.1 Å². The van der Waals surface area contributed by atoms with Gasteiger partial charge in [-0.15, -0.1) is 0 Å². The van der Waals surface area contributed by atoms with Crippen LogP contribution in [0.3, 0.4) is 0 Å². The third kappa shape index (κ3) is 1.78. The zero-order valence-electron chi connectivity index (χ0n) is 8.03. The van der Waals surface area contributed by atoms with Gasteiger partial charge in [0.15, 0.2) is 0 Å². The zero-order valence-corrected chi connectivity index (χ0v) is 8.03. The molecule has 1 atom stereocenters. The fraction of sp³-hybridized carbons (Fsp3) is 0.364. The molecule has 0 radical (unpaired) electrons. The molecular formula is C11H15NO. The third-order valence-electron chi connectivity index (χ3n) is 2.42. The van der Waals surface area contributed by atoms with E-state index in [9.17, 15) is 4.79 Å². The first kappa shape index (κ1) is 9.93. The third-order valence-corrected chi connectivity index (χ3v) is 2.42. The minimum absolute atomic E-state index is 0.104. The Labute approximate surface area is 78.8 Å². The number of benzene rings is 1. The van der Waals surface area contributed by atoms with Gasteiger partial charge in [0.25, 0.3) is 0 Å². The van der Waals surface area contributed by atoms with E-state index < -0.39 is 5.54 Å². The SMILES string of the molecule is CC(C)C(N)(C=O)c1ccccc1. The standard InChI is InChI=1S/C11H15NO/c1-9(2)11(12,8-13)10-6-4-3-5-7-10/h3-9H,12H2,1-2H3. The van der Waals surface area contributed by atoms with Crippen molar-refractivity contribution in [1.82, 2.24) is 0 Å². The average molecular weight is 177 g/mol. The summed E-state index contributed by atoms with van der Waals surface area (Å²) in [5.41, 5.74) is 6.02. The minimum atomic E-state index is -0.846. The number of carbonyl (C=O) groups is 1. The molecule has 0 spiro atoms. The van der Waals surface area contributed by atoms with Crippen LogP contribution in [0.2, 0.25) is 0 Å². The molecule has 0 amide bonds. The molecule has 0 saturated carbocycles. The van der Waals surface area contributed by atoms with Gasteiger partial charge in [-0.05, 0) is 11.5 Å². The van der Waals surface area contributed by atoms with Crippen LogP contribution < -0.4 is 5.73 Å². The van der Waals surface area contributed by atoms with Crippen molar-refractivity contribution in [3.8, 4) is 0 Å². The van der Waals surface area contributed by atoms with E-state index in [2.05, 4.69) is 0 Å². The first-order valence-electron chi connectivity index (χ1n) is 4.42. The van der Waals surface area contributed by atoms with Crippen molar-refractivity contribution in [3.05, 3.63) is 35.9 Å². The quantitative estimate of drug-likeness (QED) is 0.714. The maximum Gasteiger partial charge on any atom is 0.144 e. The molecule has 0 aliphatic carbocycles. The molecule has 70 valence electrons. The van der Waals surface area contributed by atoms with E-state index in [0.717, 1.165) is 11.8 Å². The monoisotopic (exact) mass is 177 g/mol. The highest BCUT2D eigenvalue weighted by molar-refractivity contribution is 5.67. The van der Waals surface area contributed by atoms with Crippen molar-refractivity contribution in [2.45, 2.75) is 19.4 Å². The highest BCUT2D eigenvalue weighted by Gasteiger charge is 2.30. The van der Waals surface area contributed by atoms with E-state index in [0.29, 0.717) is 0 Å². The van der Waals surface area contributed by atoms with Crippen molar-refractivity contribution in [2.75, 3.05) is 0 Å². The Hall–Kier alpha value is -1.15. The van der Waals surface area contributed by atoms with E-state index >= 15 is 0 Å². The number of rotatable bonds is 3. The summed E-state index contributed by atoms with van der Waals surface area (Å²) in [7, 11) is 0. The van der Waals surface area contributed by atoms with Crippen LogP contribution in [0, 0.1) is 5.92 Å². The van der Waals surface area contributed by atoms with Crippen molar-refractivity contribution < 1.29 is 4.79 Å². The highest BCUT2D eigenvalue weighted by atomic mass is 16.1. The van der Waals surface area contributed by atoms with E-state index in [1.165, 1.54) is 0 Å². The Morgan fingerprint density at radius 1 is 1.31 bits per heavy atom. The van der Waals surface area contributed by atoms with Crippen LogP contribution in [0.25, 0.3) is 0 Å². The molecule has 1 aromatic rings. The van der Waals surface area contributed by atoms with Crippen LogP contribution >= 0.6 is 0 Å². The highest BCUT2D eigenvalue weighted by Crippen LogP contribution is 2.23. The lowest BCUT2D eigenvalue weighted by Crippen LogP contribution is -2.43. The van der Waals surface area contributed by atoms with Gasteiger partial charge in [-0.2, -0.15) is 0 Å². The molecule has 0 fully saturated rings. The van der Waals surface area contributed by atoms with Gasteiger partial charge >= 0.3 is 0 Å². The number of aldehydes is 1. The normalized spacial score (nSPS) is 15.4. The van der Waals surface area contributed by atoms with Gasteiger partial charge in [0.2, 0.25) is 0 Å². The fourth-order valence-corrected chi connectivity index (χ4v) is 1.26. The Morgan fingerprint density at radius 3 is 2.23 bits per heavy atom. The van der Waals surface area contributed by atoms with Crippen LogP contribution in [0.1, 0.15) is 19.4 Å². The van der Waals surface area contributed by atoms with Crippen LogP contribution in [0.5, 0.6) is 0 Å². The summed E-state index contributed by atoms with van der Waals surface area (Å²) in [4.78, 5) is 10.9. The second kappa shape index (κ2) is 3.71. The second-order valence-electron chi connectivity index (χ2n) is 3.57. The van der Waals surface area contributed by atoms with Crippen molar-refractivity contribution in [1.29, 1.82) is 0 Å². The molecule has 2 N–H and O–H groups in total. The Bertz CT molecular complexity index is 281. The van der Waals surface area contributed by atoms with Gasteiger partial charge in [0.1, 0.15) is 6.29 Å². The van der Waals surface area contributed by atoms with E-state index in [-0.39, 0.29) is 5.92 Å². The molecule has 0 heterocycles. The minimum Gasteiger partial charge on any atom is -0.315 e. The van der Waals surface area contributed by atoms with E-state index in [1.54, 1.807) is 0 Å². The Morgan fingerprint density at radius 2 is 1.85 bits per heavy atom. The number of carbonyl (C=O) groups excluding carboxylic acids is 1. The van der Waals surface area contributed by atoms with Gasteiger partial charge in [-0.25, -0.2) is 0 Å². The first-order valence-corrected chi connectivity index (χ1v) is 4.42. The zero-order chi connectivity index (χ0) is 9.90. The van der Waals surface area contributed by atoms with Gasteiger partial charge in [-0.1, -0.05) is 44.2 Å². The summed E-state index contributed by atoms with van der Waals surface area (Å²) in [5, 5.41) is 0. The summed E-state index contributed by atoms with van der Waals surface area (Å²) in [5.74, 6) is 0.104. The van der Waals surface area contributed by atoms with Gasteiger partial charge < -0.3 is 10.5 Å². The molecular weight excluding hydrogens is 162 g/mol. The van der Waals surface area contributed by atoms with Gasteiger partial charge in [0, 0.05) is 0 Å². The van der Waals surface area contributed by atoms with Crippen LogP contribution in [-0.4, -0.2) is 6.29 Å². The average Bonchev–Trinajstić information content (AvgIpc) is 2.17. The molecule has 13 heavy (non-hydrogen) atoms. The Balaban J connectivity index is 3.10. The van der Waals surface area contributed by atoms with Gasteiger partial charge in [-0.3, -0.25) is 0 Å². The number of hydrogen-bond acceptors (Lipinski definition) is 2. The van der Waals surface area contributed by atoms with Crippen LogP contribution in [0.15, 0.2) is 30.3 Å². The predicted molar refractivity (Wildman–Crippen MR) is 53.2 cm³/mol. The summed E-state index contributed by atoms with van der Waals surface area (Å²) >= 11 is 0. The lowest BCUT2D eigenvalue weighted by molar-refractivity contribution is -0.113. The first-order chi connectivity index (χ1) is 6.11. The molecule has 2 nitrogen and oxygen atoms in total.